The fourth-order valence-electron chi connectivity index (χ4n) is 4.31. The molecular formula is C32H23ClF3IN4O4. The minimum Gasteiger partial charge on any atom is -0.490 e. The third-order valence-electron chi connectivity index (χ3n) is 6.33. The highest BCUT2D eigenvalue weighted by atomic mass is 127. The largest absolute Gasteiger partial charge is 0.490 e. The average Bonchev–Trinajstić information content (AvgIpc) is 3.01. The van der Waals surface area contributed by atoms with E-state index < -0.39 is 23.2 Å². The van der Waals surface area contributed by atoms with E-state index in [1.54, 1.807) is 67.6 Å². The molecule has 13 heteroatoms. The Labute approximate surface area is 273 Å². The van der Waals surface area contributed by atoms with E-state index in [1.165, 1.54) is 18.3 Å². The van der Waals surface area contributed by atoms with Crippen LogP contribution in [0.3, 0.4) is 0 Å². The van der Waals surface area contributed by atoms with Gasteiger partial charge in [-0.05, 0) is 95.7 Å². The Balaban J connectivity index is 1.48. The lowest BCUT2D eigenvalue weighted by Crippen LogP contribution is -2.21. The van der Waals surface area contributed by atoms with Crippen molar-refractivity contribution in [3.63, 3.8) is 0 Å². The second-order valence-corrected chi connectivity index (χ2v) is 11.1. The van der Waals surface area contributed by atoms with Crippen LogP contribution in [0.2, 0.25) is 5.02 Å². The number of nitrogens with zero attached hydrogens (tertiary/aromatic N) is 3. The molecule has 0 fully saturated rings. The van der Waals surface area contributed by atoms with E-state index in [1.807, 2.05) is 22.6 Å². The highest BCUT2D eigenvalue weighted by Crippen LogP contribution is 2.34. The number of carbonyl (C=O) groups excluding carboxylic acids is 1. The van der Waals surface area contributed by atoms with Crippen LogP contribution >= 0.6 is 34.2 Å². The van der Waals surface area contributed by atoms with Crippen LogP contribution in [-0.4, -0.2) is 35.0 Å². The number of fused-ring (bicyclic) bond motifs is 1. The van der Waals surface area contributed by atoms with Gasteiger partial charge in [0.15, 0.2) is 23.9 Å². The number of amides is 1. The van der Waals surface area contributed by atoms with E-state index in [9.17, 15) is 22.8 Å². The third-order valence-corrected chi connectivity index (χ3v) is 7.38. The van der Waals surface area contributed by atoms with Gasteiger partial charge in [0.2, 0.25) is 0 Å². The number of nitrogens with one attached hydrogen (secondary N) is 1. The van der Waals surface area contributed by atoms with Crippen LogP contribution in [-0.2, 0) is 11.0 Å². The number of aromatic nitrogens is 2. The first-order valence-corrected chi connectivity index (χ1v) is 14.9. The fraction of sp³-hybridized carbons (Fsp3) is 0.125. The first kappa shape index (κ1) is 32.0. The highest BCUT2D eigenvalue weighted by molar-refractivity contribution is 14.1. The zero-order valence-electron chi connectivity index (χ0n) is 23.4. The van der Waals surface area contributed by atoms with E-state index in [-0.39, 0.29) is 30.0 Å². The number of anilines is 1. The smallest absolute Gasteiger partial charge is 0.416 e. The van der Waals surface area contributed by atoms with Crippen LogP contribution in [0.15, 0.2) is 94.8 Å². The Morgan fingerprint density at radius 2 is 1.80 bits per heavy atom. The van der Waals surface area contributed by atoms with Gasteiger partial charge in [0.05, 0.1) is 32.9 Å². The molecule has 0 radical (unpaired) electrons. The van der Waals surface area contributed by atoms with Crippen LogP contribution in [0.5, 0.6) is 11.5 Å². The molecule has 0 saturated heterocycles. The van der Waals surface area contributed by atoms with Crippen molar-refractivity contribution in [2.75, 3.05) is 18.5 Å². The summed E-state index contributed by atoms with van der Waals surface area (Å²) in [4.78, 5) is 30.5. The Bertz CT molecular complexity index is 1960. The van der Waals surface area contributed by atoms with Crippen molar-refractivity contribution in [3.05, 3.63) is 115 Å². The predicted octanol–water partition coefficient (Wildman–Crippen LogP) is 7.64. The number of benzene rings is 4. The lowest BCUT2D eigenvalue weighted by atomic mass is 10.1. The van der Waals surface area contributed by atoms with Crippen molar-refractivity contribution in [2.45, 2.75) is 13.1 Å². The van der Waals surface area contributed by atoms with Crippen LogP contribution in [0, 0.1) is 3.57 Å². The molecule has 0 spiro atoms. The number of hydrogen-bond donors (Lipinski definition) is 1. The first-order chi connectivity index (χ1) is 21.5. The SMILES string of the molecule is CCOc1cc(C=Nn2c(-c3cccc(C(F)(F)F)c3)nc3ccccc3c2=O)cc(I)c1OCC(=O)Nc1ccc(Cl)cc1. The predicted molar refractivity (Wildman–Crippen MR) is 175 cm³/mol. The lowest BCUT2D eigenvalue weighted by Gasteiger charge is -2.15. The van der Waals surface area contributed by atoms with E-state index >= 15 is 0 Å². The molecule has 4 aromatic carbocycles. The first-order valence-electron chi connectivity index (χ1n) is 13.4. The van der Waals surface area contributed by atoms with Gasteiger partial charge in [0.25, 0.3) is 11.5 Å². The van der Waals surface area contributed by atoms with Gasteiger partial charge in [-0.3, -0.25) is 9.59 Å². The van der Waals surface area contributed by atoms with Crippen molar-refractivity contribution in [1.29, 1.82) is 0 Å². The number of rotatable bonds is 9. The van der Waals surface area contributed by atoms with Gasteiger partial charge in [-0.1, -0.05) is 35.9 Å². The van der Waals surface area contributed by atoms with Crippen LogP contribution in [0.25, 0.3) is 22.3 Å². The molecule has 1 heterocycles. The maximum atomic E-state index is 13.5. The van der Waals surface area contributed by atoms with Crippen molar-refractivity contribution >= 4 is 62.9 Å². The van der Waals surface area contributed by atoms with Gasteiger partial charge in [0.1, 0.15) is 0 Å². The Morgan fingerprint density at radius 1 is 1.04 bits per heavy atom. The maximum absolute atomic E-state index is 13.5. The topological polar surface area (TPSA) is 94.8 Å². The molecule has 1 N–H and O–H groups in total. The summed E-state index contributed by atoms with van der Waals surface area (Å²) in [5, 5.41) is 7.86. The van der Waals surface area contributed by atoms with Crippen molar-refractivity contribution in [1.82, 2.24) is 9.66 Å². The van der Waals surface area contributed by atoms with Gasteiger partial charge in [-0.15, -0.1) is 0 Å². The van der Waals surface area contributed by atoms with E-state index in [0.29, 0.717) is 36.9 Å². The van der Waals surface area contributed by atoms with Crippen molar-refractivity contribution in [3.8, 4) is 22.9 Å². The molecule has 45 heavy (non-hydrogen) atoms. The minimum absolute atomic E-state index is 0.0626. The lowest BCUT2D eigenvalue weighted by molar-refractivity contribution is -0.137. The standard InChI is InChI=1S/C32H23ClF3IN4O4/c1-2-44-27-15-19(14-25(37)29(27)45-18-28(42)39-23-12-10-22(33)11-13-23)17-38-41-30(20-6-5-7-21(16-20)32(34,35)36)40-26-9-4-3-8-24(26)31(41)43/h3-17H,2,18H2,1H3,(H,39,42). The molecule has 1 aromatic heterocycles. The molecule has 0 aliphatic heterocycles. The highest BCUT2D eigenvalue weighted by Gasteiger charge is 2.31. The number of hydrogen-bond acceptors (Lipinski definition) is 6. The summed E-state index contributed by atoms with van der Waals surface area (Å²) in [5.74, 6) is 0.196. The molecule has 0 bridgehead atoms. The zero-order valence-corrected chi connectivity index (χ0v) is 26.4. The Kier molecular flexibility index (Phi) is 9.73. The monoisotopic (exact) mass is 746 g/mol. The van der Waals surface area contributed by atoms with Gasteiger partial charge in [0, 0.05) is 16.3 Å². The molecule has 1 amide bonds. The second-order valence-electron chi connectivity index (χ2n) is 9.50. The summed E-state index contributed by atoms with van der Waals surface area (Å²) in [5.41, 5.74) is -0.00816. The van der Waals surface area contributed by atoms with Crippen LogP contribution in [0.1, 0.15) is 18.1 Å². The molecular weight excluding hydrogens is 724 g/mol. The summed E-state index contributed by atoms with van der Waals surface area (Å²) in [6.07, 6.45) is -3.22. The number of alkyl halides is 3. The molecule has 5 rings (SSSR count). The zero-order chi connectivity index (χ0) is 32.1. The van der Waals surface area contributed by atoms with Gasteiger partial charge in [-0.2, -0.15) is 22.9 Å². The molecule has 8 nitrogen and oxygen atoms in total. The summed E-state index contributed by atoms with van der Waals surface area (Å²) in [7, 11) is 0. The summed E-state index contributed by atoms with van der Waals surface area (Å²) in [6, 6.07) is 21.0. The average molecular weight is 747 g/mol. The molecule has 0 unspecified atom stereocenters. The number of carbonyl (C=O) groups is 1. The van der Waals surface area contributed by atoms with E-state index in [0.717, 1.165) is 16.8 Å². The summed E-state index contributed by atoms with van der Waals surface area (Å²) >= 11 is 7.92. The molecule has 0 aliphatic rings. The minimum atomic E-state index is -4.59. The Morgan fingerprint density at radius 3 is 2.53 bits per heavy atom. The van der Waals surface area contributed by atoms with Crippen LogP contribution < -0.4 is 20.3 Å². The normalized spacial score (nSPS) is 11.6. The Hall–Kier alpha value is -4.43. The number of halogens is 5. The second kappa shape index (κ2) is 13.7. The van der Waals surface area contributed by atoms with E-state index in [2.05, 4.69) is 15.4 Å². The fourth-order valence-corrected chi connectivity index (χ4v) is 5.22. The molecule has 0 atom stereocenters. The summed E-state index contributed by atoms with van der Waals surface area (Å²) < 4.78 is 53.6. The van der Waals surface area contributed by atoms with Crippen molar-refractivity contribution < 1.29 is 27.4 Å². The van der Waals surface area contributed by atoms with Gasteiger partial charge in [-0.25, -0.2) is 4.98 Å². The van der Waals surface area contributed by atoms with E-state index in [4.69, 9.17) is 21.1 Å². The summed E-state index contributed by atoms with van der Waals surface area (Å²) in [6.45, 7) is 1.77. The molecule has 230 valence electrons. The molecule has 5 aromatic rings. The van der Waals surface area contributed by atoms with Crippen molar-refractivity contribution in [2.24, 2.45) is 5.10 Å². The molecule has 0 saturated carbocycles. The quantitative estimate of drug-likeness (QED) is 0.124. The number of ether oxygens (including phenoxy) is 2. The van der Waals surface area contributed by atoms with Gasteiger partial charge < -0.3 is 14.8 Å². The van der Waals surface area contributed by atoms with Crippen LogP contribution in [0.4, 0.5) is 18.9 Å². The maximum Gasteiger partial charge on any atom is 0.416 e. The third kappa shape index (κ3) is 7.63. The number of para-hydroxylation sites is 1. The molecule has 0 aliphatic carbocycles. The van der Waals surface area contributed by atoms with Gasteiger partial charge >= 0.3 is 6.18 Å².